The fraction of sp³-hybridized carbons (Fsp3) is 1.00. The Morgan fingerprint density at radius 2 is 2.16 bits per heavy atom. The molecule has 0 aliphatic carbocycles. The first kappa shape index (κ1) is 16.8. The molecule has 2 unspecified atom stereocenters. The summed E-state index contributed by atoms with van der Waals surface area (Å²) in [5, 5.41) is 0. The molecule has 1 fully saturated rings. The monoisotopic (exact) mass is 293 g/mol. The van der Waals surface area contributed by atoms with Crippen molar-refractivity contribution in [2.24, 2.45) is 11.8 Å². The van der Waals surface area contributed by atoms with Gasteiger partial charge in [-0.2, -0.15) is 0 Å². The second-order valence-corrected chi connectivity index (χ2v) is 7.59. The van der Waals surface area contributed by atoms with E-state index >= 15 is 0 Å². The number of rotatable bonds is 7. The Balaban J connectivity index is 2.46. The molecule has 1 aliphatic rings. The van der Waals surface area contributed by atoms with Crippen LogP contribution < -0.4 is 11.3 Å². The Labute approximate surface area is 116 Å². The summed E-state index contributed by atoms with van der Waals surface area (Å²) in [7, 11) is -3.08. The normalized spacial score (nSPS) is 23.7. The lowest BCUT2D eigenvalue weighted by molar-refractivity contribution is 0.0536. The molecule has 19 heavy (non-hydrogen) atoms. The second-order valence-electron chi connectivity index (χ2n) is 5.61. The summed E-state index contributed by atoms with van der Waals surface area (Å²) in [6, 6.07) is 0.0758. The molecular weight excluding hydrogens is 266 g/mol. The highest BCUT2D eigenvalue weighted by Gasteiger charge is 2.27. The highest BCUT2D eigenvalue weighted by molar-refractivity contribution is 7.88. The molecule has 6 nitrogen and oxygen atoms in total. The molecule has 3 N–H and O–H groups in total. The Kier molecular flexibility index (Phi) is 6.68. The summed E-state index contributed by atoms with van der Waals surface area (Å²) in [5.74, 6) is 5.88. The van der Waals surface area contributed by atoms with E-state index in [-0.39, 0.29) is 12.1 Å². The third-order valence-electron chi connectivity index (χ3n) is 3.44. The average molecular weight is 293 g/mol. The predicted molar refractivity (Wildman–Crippen MR) is 76.0 cm³/mol. The minimum absolute atomic E-state index is 0.0758. The predicted octanol–water partition coefficient (Wildman–Crippen LogP) is 0.305. The van der Waals surface area contributed by atoms with Gasteiger partial charge in [0.1, 0.15) is 0 Å². The maximum atomic E-state index is 11.6. The lowest BCUT2D eigenvalue weighted by Gasteiger charge is -2.32. The molecule has 0 aromatic heterocycles. The number of ether oxygens (including phenoxy) is 1. The maximum Gasteiger partial charge on any atom is 0.211 e. The van der Waals surface area contributed by atoms with Crippen LogP contribution in [0.3, 0.4) is 0 Å². The van der Waals surface area contributed by atoms with E-state index in [1.54, 1.807) is 4.31 Å². The van der Waals surface area contributed by atoms with Crippen molar-refractivity contribution in [2.45, 2.75) is 45.3 Å². The van der Waals surface area contributed by atoms with Crippen molar-refractivity contribution in [3.05, 3.63) is 0 Å². The molecule has 0 spiro atoms. The molecule has 0 bridgehead atoms. The Morgan fingerprint density at radius 1 is 1.47 bits per heavy atom. The zero-order chi connectivity index (χ0) is 14.5. The van der Waals surface area contributed by atoms with Gasteiger partial charge >= 0.3 is 0 Å². The topological polar surface area (TPSA) is 84.7 Å². The third-order valence-corrected chi connectivity index (χ3v) is 4.70. The standard InChI is InChI=1S/C12H27N3O3S/c1-10(2)18-9-12(14-13)7-11-5-4-6-15(8-11)19(3,16)17/h10-12,14H,4-9,13H2,1-3H3. The fourth-order valence-electron chi connectivity index (χ4n) is 2.42. The number of hydrazine groups is 1. The number of hydrogen-bond donors (Lipinski definition) is 2. The van der Waals surface area contributed by atoms with Crippen molar-refractivity contribution in [1.82, 2.24) is 9.73 Å². The van der Waals surface area contributed by atoms with Crippen molar-refractivity contribution >= 4 is 10.0 Å². The molecule has 1 aliphatic heterocycles. The minimum atomic E-state index is -3.08. The number of nitrogens with zero attached hydrogens (tertiary/aromatic N) is 1. The van der Waals surface area contributed by atoms with Crippen molar-refractivity contribution < 1.29 is 13.2 Å². The van der Waals surface area contributed by atoms with E-state index < -0.39 is 10.0 Å². The average Bonchev–Trinajstić information content (AvgIpc) is 2.33. The van der Waals surface area contributed by atoms with Crippen LogP contribution in [0.1, 0.15) is 33.1 Å². The van der Waals surface area contributed by atoms with Gasteiger partial charge in [-0.05, 0) is 39.0 Å². The van der Waals surface area contributed by atoms with Gasteiger partial charge in [0.05, 0.1) is 19.0 Å². The molecule has 0 saturated carbocycles. The molecule has 1 saturated heterocycles. The minimum Gasteiger partial charge on any atom is -0.377 e. The van der Waals surface area contributed by atoms with Crippen molar-refractivity contribution in [3.63, 3.8) is 0 Å². The maximum absolute atomic E-state index is 11.6. The van der Waals surface area contributed by atoms with E-state index in [0.717, 1.165) is 19.3 Å². The Bertz CT molecular complexity index is 359. The van der Waals surface area contributed by atoms with E-state index in [1.165, 1.54) is 6.26 Å². The first-order valence-electron chi connectivity index (χ1n) is 6.85. The summed E-state index contributed by atoms with van der Waals surface area (Å²) in [4.78, 5) is 0. The van der Waals surface area contributed by atoms with Gasteiger partial charge in [-0.25, -0.2) is 12.7 Å². The van der Waals surface area contributed by atoms with Gasteiger partial charge in [-0.15, -0.1) is 0 Å². The highest BCUT2D eigenvalue weighted by atomic mass is 32.2. The fourth-order valence-corrected chi connectivity index (χ4v) is 3.36. The molecule has 0 radical (unpaired) electrons. The van der Waals surface area contributed by atoms with Crippen LogP contribution in [0.2, 0.25) is 0 Å². The zero-order valence-electron chi connectivity index (χ0n) is 12.1. The van der Waals surface area contributed by atoms with Gasteiger partial charge in [0.2, 0.25) is 10.0 Å². The van der Waals surface area contributed by atoms with E-state index in [0.29, 0.717) is 25.6 Å². The van der Waals surface area contributed by atoms with E-state index in [2.05, 4.69) is 5.43 Å². The smallest absolute Gasteiger partial charge is 0.211 e. The molecule has 0 aromatic carbocycles. The van der Waals surface area contributed by atoms with Gasteiger partial charge in [-0.1, -0.05) is 0 Å². The van der Waals surface area contributed by atoms with Crippen molar-refractivity contribution in [2.75, 3.05) is 26.0 Å². The van der Waals surface area contributed by atoms with E-state index in [1.807, 2.05) is 13.8 Å². The van der Waals surface area contributed by atoms with E-state index in [9.17, 15) is 8.42 Å². The molecule has 0 amide bonds. The Morgan fingerprint density at radius 3 is 2.68 bits per heavy atom. The third kappa shape index (κ3) is 6.18. The summed E-state index contributed by atoms with van der Waals surface area (Å²) in [6.45, 7) is 5.76. The first-order chi connectivity index (χ1) is 8.82. The lowest BCUT2D eigenvalue weighted by atomic mass is 9.93. The molecular formula is C12H27N3O3S. The summed E-state index contributed by atoms with van der Waals surface area (Å²) in [5.41, 5.74) is 2.77. The highest BCUT2D eigenvalue weighted by Crippen LogP contribution is 2.22. The van der Waals surface area contributed by atoms with E-state index in [4.69, 9.17) is 10.6 Å². The number of hydrogen-bond acceptors (Lipinski definition) is 5. The van der Waals surface area contributed by atoms with Crippen LogP contribution in [-0.2, 0) is 14.8 Å². The van der Waals surface area contributed by atoms with Crippen molar-refractivity contribution in [1.29, 1.82) is 0 Å². The van der Waals surface area contributed by atoms with Crippen LogP contribution in [0.25, 0.3) is 0 Å². The van der Waals surface area contributed by atoms with Gasteiger partial charge < -0.3 is 4.74 Å². The quantitative estimate of drug-likeness (QED) is 0.521. The van der Waals surface area contributed by atoms with Crippen LogP contribution in [-0.4, -0.2) is 50.8 Å². The van der Waals surface area contributed by atoms with Crippen LogP contribution >= 0.6 is 0 Å². The number of nitrogens with one attached hydrogen (secondary N) is 1. The SMILES string of the molecule is CC(C)OCC(CC1CCCN(S(C)(=O)=O)C1)NN. The van der Waals surface area contributed by atoms with Crippen LogP contribution in [0.5, 0.6) is 0 Å². The lowest BCUT2D eigenvalue weighted by Crippen LogP contribution is -2.45. The number of sulfonamides is 1. The van der Waals surface area contributed by atoms with Gasteiger partial charge in [-0.3, -0.25) is 11.3 Å². The first-order valence-corrected chi connectivity index (χ1v) is 8.70. The molecule has 1 heterocycles. The second kappa shape index (κ2) is 7.54. The summed E-state index contributed by atoms with van der Waals surface area (Å²) >= 11 is 0. The zero-order valence-corrected chi connectivity index (χ0v) is 12.9. The molecule has 0 aromatic rings. The van der Waals surface area contributed by atoms with Gasteiger partial charge in [0.15, 0.2) is 0 Å². The van der Waals surface area contributed by atoms with Crippen LogP contribution in [0, 0.1) is 5.92 Å². The summed E-state index contributed by atoms with van der Waals surface area (Å²) < 4.78 is 30.2. The molecule has 7 heteroatoms. The largest absolute Gasteiger partial charge is 0.377 e. The van der Waals surface area contributed by atoms with Gasteiger partial charge in [0.25, 0.3) is 0 Å². The Hall–Kier alpha value is -0.210. The molecule has 1 rings (SSSR count). The number of nitrogens with two attached hydrogens (primary N) is 1. The van der Waals surface area contributed by atoms with Crippen LogP contribution in [0.15, 0.2) is 0 Å². The van der Waals surface area contributed by atoms with Crippen molar-refractivity contribution in [3.8, 4) is 0 Å². The summed E-state index contributed by atoms with van der Waals surface area (Å²) in [6.07, 6.45) is 4.26. The number of piperidine rings is 1. The van der Waals surface area contributed by atoms with Crippen LogP contribution in [0.4, 0.5) is 0 Å². The molecule has 2 atom stereocenters. The van der Waals surface area contributed by atoms with Gasteiger partial charge in [0, 0.05) is 19.1 Å². The molecule has 114 valence electrons.